The van der Waals surface area contributed by atoms with Crippen LogP contribution in [0.2, 0.25) is 0 Å². The number of methoxy groups -OCH3 is 1. The average molecular weight is 463 g/mol. The summed E-state index contributed by atoms with van der Waals surface area (Å²) in [5, 5.41) is 8.81. The van der Waals surface area contributed by atoms with E-state index in [4.69, 9.17) is 4.74 Å². The van der Waals surface area contributed by atoms with Gasteiger partial charge in [0, 0.05) is 6.42 Å². The minimum Gasteiger partial charge on any atom is -0.497 e. The molecule has 8 nitrogen and oxygen atoms in total. The molecule has 2 aliphatic heterocycles. The Morgan fingerprint density at radius 3 is 2.44 bits per heavy atom. The predicted octanol–water partition coefficient (Wildman–Crippen LogP) is 3.73. The van der Waals surface area contributed by atoms with Crippen molar-refractivity contribution < 1.29 is 19.1 Å². The quantitative estimate of drug-likeness (QED) is 0.635. The number of amides is 4. The minimum absolute atomic E-state index is 0.209. The Kier molecular flexibility index (Phi) is 6.41. The lowest BCUT2D eigenvalue weighted by atomic mass is 9.91. The van der Waals surface area contributed by atoms with Crippen LogP contribution in [-0.2, 0) is 9.59 Å². The minimum atomic E-state index is -1.01. The number of urea groups is 1. The number of nitrogens with one attached hydrogen (secondary N) is 1. The fourth-order valence-corrected chi connectivity index (χ4v) is 4.68. The first-order valence-corrected chi connectivity index (χ1v) is 11.4. The standard InChI is InChI=1S/C26H30N4O4/c1-17(2)15-26(3)24(32)29(25(33)27-26)16-23(31)30-22(19-10-12-20(34-4)13-11-19)14-21(28-30)18-8-6-5-7-9-18/h5-13,17,22H,14-16H2,1-4H3,(H,27,33)/t22-,26+/m1/s1. The molecule has 2 atom stereocenters. The maximum atomic E-state index is 13.4. The first-order chi connectivity index (χ1) is 16.2. The van der Waals surface area contributed by atoms with Crippen LogP contribution in [0, 0.1) is 5.92 Å². The first kappa shape index (κ1) is 23.5. The molecule has 4 rings (SSSR count). The van der Waals surface area contributed by atoms with Crippen molar-refractivity contribution in [1.29, 1.82) is 0 Å². The van der Waals surface area contributed by atoms with Crippen molar-refractivity contribution in [3.8, 4) is 5.75 Å². The van der Waals surface area contributed by atoms with Gasteiger partial charge in [0.2, 0.25) is 0 Å². The maximum Gasteiger partial charge on any atom is 0.325 e. The van der Waals surface area contributed by atoms with Crippen LogP contribution >= 0.6 is 0 Å². The molecule has 0 aliphatic carbocycles. The van der Waals surface area contributed by atoms with E-state index in [2.05, 4.69) is 10.4 Å². The predicted molar refractivity (Wildman–Crippen MR) is 128 cm³/mol. The number of benzene rings is 2. The number of hydrogen-bond acceptors (Lipinski definition) is 5. The fraction of sp³-hybridized carbons (Fsp3) is 0.385. The van der Waals surface area contributed by atoms with Crippen molar-refractivity contribution >= 4 is 23.6 Å². The summed E-state index contributed by atoms with van der Waals surface area (Å²) in [7, 11) is 1.60. The molecule has 178 valence electrons. The summed E-state index contributed by atoms with van der Waals surface area (Å²) < 4.78 is 5.26. The average Bonchev–Trinajstić information content (AvgIpc) is 3.35. The van der Waals surface area contributed by atoms with Crippen LogP contribution in [0.15, 0.2) is 59.7 Å². The van der Waals surface area contributed by atoms with Gasteiger partial charge in [-0.15, -0.1) is 0 Å². The van der Waals surface area contributed by atoms with Gasteiger partial charge >= 0.3 is 6.03 Å². The van der Waals surface area contributed by atoms with E-state index in [9.17, 15) is 14.4 Å². The molecule has 0 radical (unpaired) electrons. The Balaban J connectivity index is 1.60. The van der Waals surface area contributed by atoms with Crippen molar-refractivity contribution in [2.24, 2.45) is 11.0 Å². The fourth-order valence-electron chi connectivity index (χ4n) is 4.68. The zero-order chi connectivity index (χ0) is 24.5. The lowest BCUT2D eigenvalue weighted by Gasteiger charge is -2.25. The van der Waals surface area contributed by atoms with Gasteiger partial charge < -0.3 is 10.1 Å². The second kappa shape index (κ2) is 9.29. The number of carbonyl (C=O) groups is 3. The van der Waals surface area contributed by atoms with Crippen molar-refractivity contribution in [2.45, 2.75) is 45.2 Å². The van der Waals surface area contributed by atoms with Crippen LogP contribution in [0.25, 0.3) is 0 Å². The Hall–Kier alpha value is -3.68. The molecule has 0 spiro atoms. The molecule has 1 N–H and O–H groups in total. The van der Waals surface area contributed by atoms with Gasteiger partial charge in [-0.05, 0) is 42.5 Å². The summed E-state index contributed by atoms with van der Waals surface area (Å²) in [5.41, 5.74) is 1.59. The molecule has 2 aliphatic rings. The SMILES string of the molecule is COc1ccc([C@H]2CC(c3ccccc3)=NN2C(=O)CN2C(=O)N[C@@](C)(CC(C)C)C2=O)cc1. The number of rotatable bonds is 7. The summed E-state index contributed by atoms with van der Waals surface area (Å²) >= 11 is 0. The number of carbonyl (C=O) groups excluding carboxylic acids is 3. The third-order valence-electron chi connectivity index (χ3n) is 6.23. The van der Waals surface area contributed by atoms with Gasteiger partial charge in [-0.3, -0.25) is 14.5 Å². The van der Waals surface area contributed by atoms with Crippen LogP contribution in [0.3, 0.4) is 0 Å². The van der Waals surface area contributed by atoms with E-state index < -0.39 is 17.5 Å². The van der Waals surface area contributed by atoms with E-state index in [0.29, 0.717) is 18.6 Å². The van der Waals surface area contributed by atoms with E-state index in [-0.39, 0.29) is 24.4 Å². The molecule has 0 unspecified atom stereocenters. The topological polar surface area (TPSA) is 91.3 Å². The Labute approximate surface area is 199 Å². The molecule has 1 saturated heterocycles. The normalized spacial score (nSPS) is 22.3. The third-order valence-corrected chi connectivity index (χ3v) is 6.23. The van der Waals surface area contributed by atoms with Gasteiger partial charge in [-0.1, -0.05) is 56.3 Å². The molecule has 2 heterocycles. The Bertz CT molecular complexity index is 1110. The maximum absolute atomic E-state index is 13.4. The summed E-state index contributed by atoms with van der Waals surface area (Å²) in [4.78, 5) is 40.1. The van der Waals surface area contributed by atoms with Crippen LogP contribution < -0.4 is 10.1 Å². The first-order valence-electron chi connectivity index (χ1n) is 11.4. The van der Waals surface area contributed by atoms with Crippen LogP contribution in [0.1, 0.15) is 50.8 Å². The van der Waals surface area contributed by atoms with Crippen LogP contribution in [0.4, 0.5) is 4.79 Å². The lowest BCUT2D eigenvalue weighted by Crippen LogP contribution is -2.46. The highest BCUT2D eigenvalue weighted by molar-refractivity contribution is 6.09. The monoisotopic (exact) mass is 462 g/mol. The molecule has 2 aromatic rings. The summed E-state index contributed by atoms with van der Waals surface area (Å²) in [6.45, 7) is 5.32. The van der Waals surface area contributed by atoms with Gasteiger partial charge in [0.15, 0.2) is 0 Å². The second-order valence-electron chi connectivity index (χ2n) is 9.40. The highest BCUT2D eigenvalue weighted by Gasteiger charge is 2.49. The zero-order valence-electron chi connectivity index (χ0n) is 19.9. The molecule has 0 aromatic heterocycles. The summed E-state index contributed by atoms with van der Waals surface area (Å²) in [6.07, 6.45) is 1.02. The second-order valence-corrected chi connectivity index (χ2v) is 9.40. The van der Waals surface area contributed by atoms with Gasteiger partial charge in [0.1, 0.15) is 17.8 Å². The molecular weight excluding hydrogens is 432 g/mol. The molecule has 1 fully saturated rings. The van der Waals surface area contributed by atoms with Crippen LogP contribution in [0.5, 0.6) is 5.75 Å². The van der Waals surface area contributed by atoms with E-state index >= 15 is 0 Å². The third kappa shape index (κ3) is 4.53. The molecule has 0 saturated carbocycles. The molecule has 8 heteroatoms. The Morgan fingerprint density at radius 1 is 1.15 bits per heavy atom. The number of hydrazone groups is 1. The zero-order valence-corrected chi connectivity index (χ0v) is 19.9. The van der Waals surface area contributed by atoms with Crippen molar-refractivity contribution in [1.82, 2.24) is 15.2 Å². The largest absolute Gasteiger partial charge is 0.497 e. The van der Waals surface area contributed by atoms with Gasteiger partial charge in [0.25, 0.3) is 11.8 Å². The van der Waals surface area contributed by atoms with E-state index in [1.54, 1.807) is 14.0 Å². The summed E-state index contributed by atoms with van der Waals surface area (Å²) in [6, 6.07) is 16.3. The number of hydrogen-bond donors (Lipinski definition) is 1. The smallest absolute Gasteiger partial charge is 0.325 e. The van der Waals surface area contributed by atoms with E-state index in [1.807, 2.05) is 68.4 Å². The van der Waals surface area contributed by atoms with Crippen LogP contribution in [-0.4, -0.2) is 52.7 Å². The highest BCUT2D eigenvalue weighted by Crippen LogP contribution is 2.34. The number of ether oxygens (including phenoxy) is 1. The lowest BCUT2D eigenvalue weighted by molar-refractivity contribution is -0.140. The van der Waals surface area contributed by atoms with Crippen molar-refractivity contribution in [3.05, 3.63) is 65.7 Å². The summed E-state index contributed by atoms with van der Waals surface area (Å²) in [5.74, 6) is 0.129. The number of imide groups is 1. The number of nitrogens with zero attached hydrogens (tertiary/aromatic N) is 3. The van der Waals surface area contributed by atoms with Crippen molar-refractivity contribution in [3.63, 3.8) is 0 Å². The van der Waals surface area contributed by atoms with E-state index in [1.165, 1.54) is 5.01 Å². The molecule has 34 heavy (non-hydrogen) atoms. The van der Waals surface area contributed by atoms with Gasteiger partial charge in [0.05, 0.1) is 18.9 Å². The molecule has 0 bridgehead atoms. The highest BCUT2D eigenvalue weighted by atomic mass is 16.5. The molecular formula is C26H30N4O4. The van der Waals surface area contributed by atoms with E-state index in [0.717, 1.165) is 21.7 Å². The molecule has 2 aromatic carbocycles. The van der Waals surface area contributed by atoms with Gasteiger partial charge in [-0.25, -0.2) is 9.80 Å². The van der Waals surface area contributed by atoms with Crippen molar-refractivity contribution in [2.75, 3.05) is 13.7 Å². The Morgan fingerprint density at radius 2 is 1.82 bits per heavy atom. The van der Waals surface area contributed by atoms with Gasteiger partial charge in [-0.2, -0.15) is 5.10 Å². The molecule has 4 amide bonds.